The van der Waals surface area contributed by atoms with Crippen LogP contribution in [0.1, 0.15) is 23.4 Å². The topological polar surface area (TPSA) is 134 Å². The Bertz CT molecular complexity index is 1710. The van der Waals surface area contributed by atoms with E-state index in [0.717, 1.165) is 5.56 Å². The molecule has 0 unspecified atom stereocenters. The molecule has 3 aromatic carbocycles. The Balaban J connectivity index is 1.26. The van der Waals surface area contributed by atoms with Crippen molar-refractivity contribution in [2.45, 2.75) is 37.0 Å². The number of carbonyl (C=O) groups is 2. The highest BCUT2D eigenvalue weighted by atomic mass is 32.2. The van der Waals surface area contributed by atoms with Gasteiger partial charge in [0.1, 0.15) is 5.25 Å². The predicted octanol–water partition coefficient (Wildman–Crippen LogP) is 5.05. The van der Waals surface area contributed by atoms with E-state index in [9.17, 15) is 18.0 Å². The van der Waals surface area contributed by atoms with Gasteiger partial charge in [0.15, 0.2) is 5.17 Å². The summed E-state index contributed by atoms with van der Waals surface area (Å²) in [6.07, 6.45) is -0.0751. The van der Waals surface area contributed by atoms with Gasteiger partial charge in [0, 0.05) is 23.5 Å². The van der Waals surface area contributed by atoms with Crippen molar-refractivity contribution in [2.24, 2.45) is 4.99 Å². The van der Waals surface area contributed by atoms with E-state index in [1.165, 1.54) is 36.0 Å². The fourth-order valence-electron chi connectivity index (χ4n) is 4.30. The van der Waals surface area contributed by atoms with Crippen LogP contribution in [-0.2, 0) is 26.2 Å². The fraction of sp³-hybridized carbons (Fsp3) is 0.167. The molecule has 2 heterocycles. The van der Waals surface area contributed by atoms with E-state index in [0.29, 0.717) is 34.5 Å². The lowest BCUT2D eigenvalue weighted by molar-refractivity contribution is -0.128. The molecule has 5 rings (SSSR count). The van der Waals surface area contributed by atoms with E-state index < -0.39 is 15.3 Å². The minimum Gasteiger partial charge on any atom is -0.326 e. The molecule has 0 bridgehead atoms. The van der Waals surface area contributed by atoms with E-state index in [-0.39, 0.29) is 29.1 Å². The zero-order valence-corrected chi connectivity index (χ0v) is 24.5. The van der Waals surface area contributed by atoms with Crippen molar-refractivity contribution in [2.75, 3.05) is 10.0 Å². The first-order valence-corrected chi connectivity index (χ1v) is 15.4. The molecule has 4 aromatic rings. The van der Waals surface area contributed by atoms with Crippen LogP contribution in [0.4, 0.5) is 17.3 Å². The summed E-state index contributed by atoms with van der Waals surface area (Å²) in [4.78, 5) is 40.9. The molecule has 0 radical (unpaired) electrons. The lowest BCUT2D eigenvalue weighted by Crippen LogP contribution is -2.33. The quantitative estimate of drug-likeness (QED) is 0.274. The van der Waals surface area contributed by atoms with Gasteiger partial charge in [-0.25, -0.2) is 28.1 Å². The standard InChI is InChI=1S/C30H28N6O4S2/c1-20-17-21(2)32-29(31-20)35-42(39,40)25-15-13-24(14-16-25)33-27(37)18-26-28(38)36(19-22-9-5-3-6-10-22)30(41-26)34-23-11-7-4-8-12-23/h3-17,26H,18-19H2,1-2H3,(H,33,37)(H,31,32,35)/t26-/m0/s1. The Hall–Kier alpha value is -4.55. The lowest BCUT2D eigenvalue weighted by atomic mass is 10.2. The molecule has 10 nitrogen and oxygen atoms in total. The fourth-order valence-corrected chi connectivity index (χ4v) is 6.40. The van der Waals surface area contributed by atoms with Crippen molar-refractivity contribution >= 4 is 56.1 Å². The Morgan fingerprint density at radius 2 is 1.55 bits per heavy atom. The van der Waals surface area contributed by atoms with Crippen LogP contribution >= 0.6 is 11.8 Å². The van der Waals surface area contributed by atoms with Crippen LogP contribution in [0.2, 0.25) is 0 Å². The molecule has 1 aliphatic rings. The summed E-state index contributed by atoms with van der Waals surface area (Å²) in [5, 5.41) is 2.63. The van der Waals surface area contributed by atoms with Crippen molar-refractivity contribution in [1.29, 1.82) is 0 Å². The van der Waals surface area contributed by atoms with Gasteiger partial charge < -0.3 is 5.32 Å². The molecule has 2 amide bonds. The molecular weight excluding hydrogens is 573 g/mol. The maximum Gasteiger partial charge on any atom is 0.264 e. The molecule has 1 saturated heterocycles. The highest BCUT2D eigenvalue weighted by Gasteiger charge is 2.39. The zero-order chi connectivity index (χ0) is 29.7. The van der Waals surface area contributed by atoms with E-state index in [4.69, 9.17) is 0 Å². The summed E-state index contributed by atoms with van der Waals surface area (Å²) < 4.78 is 28.0. The molecule has 2 N–H and O–H groups in total. The second-order valence-corrected chi connectivity index (χ2v) is 12.5. The SMILES string of the molecule is Cc1cc(C)nc(NS(=O)(=O)c2ccc(NC(=O)C[C@@H]3SC(=Nc4ccccc4)N(Cc4ccccc4)C3=O)cc2)n1. The van der Waals surface area contributed by atoms with Crippen LogP contribution in [0.5, 0.6) is 0 Å². The summed E-state index contributed by atoms with van der Waals surface area (Å²) in [6, 6.07) is 26.4. The maximum atomic E-state index is 13.4. The van der Waals surface area contributed by atoms with E-state index in [1.54, 1.807) is 24.8 Å². The molecule has 1 fully saturated rings. The number of carbonyl (C=O) groups excluding carboxylic acids is 2. The molecule has 12 heteroatoms. The number of amides is 2. The van der Waals surface area contributed by atoms with Crippen LogP contribution in [0, 0.1) is 13.8 Å². The first kappa shape index (κ1) is 29.0. The average Bonchev–Trinajstić information content (AvgIpc) is 3.22. The number of aliphatic imine (C=N–C) groups is 1. The van der Waals surface area contributed by atoms with Crippen LogP contribution in [0.25, 0.3) is 0 Å². The number of hydrogen-bond donors (Lipinski definition) is 2. The van der Waals surface area contributed by atoms with Gasteiger partial charge in [0.25, 0.3) is 10.0 Å². The third-order valence-corrected chi connectivity index (χ3v) is 8.73. The smallest absolute Gasteiger partial charge is 0.264 e. The number of benzene rings is 3. The van der Waals surface area contributed by atoms with Crippen LogP contribution in [0.3, 0.4) is 0 Å². The third-order valence-electron chi connectivity index (χ3n) is 6.21. The Kier molecular flexibility index (Phi) is 8.64. The van der Waals surface area contributed by atoms with E-state index in [1.807, 2.05) is 60.7 Å². The van der Waals surface area contributed by atoms with Gasteiger partial charge in [-0.15, -0.1) is 0 Å². The normalized spacial score (nSPS) is 16.0. The van der Waals surface area contributed by atoms with Gasteiger partial charge in [-0.1, -0.05) is 60.3 Å². The minimum absolute atomic E-state index is 0.0110. The van der Waals surface area contributed by atoms with E-state index in [2.05, 4.69) is 25.0 Å². The number of hydrogen-bond acceptors (Lipinski definition) is 8. The number of amidine groups is 1. The Labute approximate surface area is 248 Å². The highest BCUT2D eigenvalue weighted by Crippen LogP contribution is 2.33. The van der Waals surface area contributed by atoms with Gasteiger partial charge >= 0.3 is 0 Å². The average molecular weight is 601 g/mol. The molecule has 1 atom stereocenters. The number of aromatic nitrogens is 2. The third kappa shape index (κ3) is 7.20. The summed E-state index contributed by atoms with van der Waals surface area (Å²) in [7, 11) is -3.94. The van der Waals surface area contributed by atoms with Gasteiger partial charge in [-0.2, -0.15) is 0 Å². The summed E-state index contributed by atoms with van der Waals surface area (Å²) in [5.74, 6) is -0.589. The Morgan fingerprint density at radius 1 is 0.929 bits per heavy atom. The highest BCUT2D eigenvalue weighted by molar-refractivity contribution is 8.15. The van der Waals surface area contributed by atoms with Crippen molar-refractivity contribution < 1.29 is 18.0 Å². The van der Waals surface area contributed by atoms with E-state index >= 15 is 0 Å². The van der Waals surface area contributed by atoms with Crippen LogP contribution < -0.4 is 10.0 Å². The zero-order valence-electron chi connectivity index (χ0n) is 22.9. The number of nitrogens with one attached hydrogen (secondary N) is 2. The number of nitrogens with zero attached hydrogens (tertiary/aromatic N) is 4. The monoisotopic (exact) mass is 600 g/mol. The van der Waals surface area contributed by atoms with Crippen LogP contribution in [0.15, 0.2) is 101 Å². The van der Waals surface area contributed by atoms with Gasteiger partial charge in [0.05, 0.1) is 17.1 Å². The van der Waals surface area contributed by atoms with Gasteiger partial charge in [-0.3, -0.25) is 14.5 Å². The molecule has 0 spiro atoms. The predicted molar refractivity (Wildman–Crippen MR) is 164 cm³/mol. The first-order valence-electron chi connectivity index (χ1n) is 13.1. The molecular formula is C30H28N6O4S2. The number of thioether (sulfide) groups is 1. The molecule has 0 aliphatic carbocycles. The number of sulfonamides is 1. The van der Waals surface area contributed by atoms with Gasteiger partial charge in [0.2, 0.25) is 17.8 Å². The van der Waals surface area contributed by atoms with Gasteiger partial charge in [-0.05, 0) is 61.9 Å². The second-order valence-electron chi connectivity index (χ2n) is 9.60. The molecule has 1 aromatic heterocycles. The summed E-state index contributed by atoms with van der Waals surface area (Å²) in [5.41, 5.74) is 3.34. The lowest BCUT2D eigenvalue weighted by Gasteiger charge is -2.16. The first-order chi connectivity index (χ1) is 20.2. The van der Waals surface area contributed by atoms with Crippen molar-refractivity contribution in [1.82, 2.24) is 14.9 Å². The largest absolute Gasteiger partial charge is 0.326 e. The van der Waals surface area contributed by atoms with Crippen LogP contribution in [-0.4, -0.2) is 45.5 Å². The number of aryl methyl sites for hydroxylation is 2. The molecule has 42 heavy (non-hydrogen) atoms. The molecule has 0 saturated carbocycles. The summed E-state index contributed by atoms with van der Waals surface area (Å²) >= 11 is 1.25. The van der Waals surface area contributed by atoms with Crippen molar-refractivity contribution in [3.63, 3.8) is 0 Å². The molecule has 1 aliphatic heterocycles. The van der Waals surface area contributed by atoms with Crippen molar-refractivity contribution in [3.8, 4) is 0 Å². The Morgan fingerprint density at radius 3 is 2.19 bits per heavy atom. The second kappa shape index (κ2) is 12.5. The maximum absolute atomic E-state index is 13.4. The summed E-state index contributed by atoms with van der Waals surface area (Å²) in [6.45, 7) is 3.84. The number of rotatable bonds is 9. The molecule has 214 valence electrons. The van der Waals surface area contributed by atoms with Crippen molar-refractivity contribution in [3.05, 3.63) is 108 Å². The number of anilines is 2. The minimum atomic E-state index is -3.94. The number of para-hydroxylation sites is 1.